The SMILES string of the molecule is CCOC(=O)On1cc(C#N)c2cc(-c3cnn(C)c3)cnc21. The molecule has 0 aliphatic rings. The number of rotatable bonds is 3. The van der Waals surface area contributed by atoms with Crippen molar-refractivity contribution in [1.29, 1.82) is 5.26 Å². The summed E-state index contributed by atoms with van der Waals surface area (Å²) in [6.45, 7) is 1.87. The molecule has 3 heterocycles. The van der Waals surface area contributed by atoms with Crippen LogP contribution in [0.2, 0.25) is 0 Å². The van der Waals surface area contributed by atoms with Crippen LogP contribution in [-0.2, 0) is 11.8 Å². The molecule has 0 aliphatic heterocycles. The third-order valence-corrected chi connectivity index (χ3v) is 3.21. The maximum atomic E-state index is 11.5. The molecule has 0 fully saturated rings. The summed E-state index contributed by atoms with van der Waals surface area (Å²) in [5.74, 6) is 0. The molecule has 0 amide bonds. The maximum absolute atomic E-state index is 11.5. The van der Waals surface area contributed by atoms with E-state index in [4.69, 9.17) is 9.57 Å². The smallest absolute Gasteiger partial charge is 0.433 e. The average Bonchev–Trinajstić information content (AvgIpc) is 3.11. The summed E-state index contributed by atoms with van der Waals surface area (Å²) in [6.07, 6.45) is 5.74. The van der Waals surface area contributed by atoms with E-state index in [2.05, 4.69) is 16.2 Å². The van der Waals surface area contributed by atoms with Gasteiger partial charge in [0.25, 0.3) is 0 Å². The molecule has 0 bridgehead atoms. The lowest BCUT2D eigenvalue weighted by atomic mass is 10.1. The molecule has 0 radical (unpaired) electrons. The summed E-state index contributed by atoms with van der Waals surface area (Å²) in [6, 6.07) is 3.87. The molecule has 0 saturated carbocycles. The highest BCUT2D eigenvalue weighted by Crippen LogP contribution is 2.25. The zero-order valence-electron chi connectivity index (χ0n) is 12.6. The zero-order chi connectivity index (χ0) is 16.4. The van der Waals surface area contributed by atoms with Crippen LogP contribution in [0.15, 0.2) is 30.9 Å². The molecule has 0 unspecified atom stereocenters. The number of hydrogen-bond donors (Lipinski definition) is 0. The highest BCUT2D eigenvalue weighted by Gasteiger charge is 2.15. The Balaban J connectivity index is 2.05. The van der Waals surface area contributed by atoms with E-state index in [0.29, 0.717) is 16.6 Å². The van der Waals surface area contributed by atoms with Gasteiger partial charge in [-0.1, -0.05) is 0 Å². The van der Waals surface area contributed by atoms with Gasteiger partial charge in [0.1, 0.15) is 6.07 Å². The summed E-state index contributed by atoms with van der Waals surface area (Å²) in [4.78, 5) is 20.8. The molecular weight excluding hydrogens is 298 g/mol. The minimum absolute atomic E-state index is 0.196. The van der Waals surface area contributed by atoms with Gasteiger partial charge in [0.2, 0.25) is 0 Å². The van der Waals surface area contributed by atoms with E-state index >= 15 is 0 Å². The molecule has 0 aromatic carbocycles. The highest BCUT2D eigenvalue weighted by atomic mass is 16.8. The van der Waals surface area contributed by atoms with Crippen LogP contribution in [0.1, 0.15) is 12.5 Å². The molecule has 0 spiro atoms. The van der Waals surface area contributed by atoms with E-state index in [9.17, 15) is 10.1 Å². The number of fused-ring (bicyclic) bond motifs is 1. The van der Waals surface area contributed by atoms with E-state index < -0.39 is 6.16 Å². The number of pyridine rings is 1. The van der Waals surface area contributed by atoms with Gasteiger partial charge in [-0.25, -0.2) is 9.78 Å². The summed E-state index contributed by atoms with van der Waals surface area (Å²) in [7, 11) is 1.82. The minimum atomic E-state index is -0.855. The first-order valence-electron chi connectivity index (χ1n) is 6.87. The Morgan fingerprint density at radius 2 is 2.17 bits per heavy atom. The number of carbonyl (C=O) groups excluding carboxylic acids is 1. The van der Waals surface area contributed by atoms with E-state index in [0.717, 1.165) is 15.9 Å². The molecule has 3 aromatic rings. The Morgan fingerprint density at radius 1 is 1.35 bits per heavy atom. The minimum Gasteiger partial charge on any atom is -0.433 e. The lowest BCUT2D eigenvalue weighted by Gasteiger charge is -2.05. The first kappa shape index (κ1) is 14.6. The van der Waals surface area contributed by atoms with E-state index in [1.165, 1.54) is 6.20 Å². The standard InChI is InChI=1S/C15H13N5O3/c1-3-22-15(21)23-20-9-11(5-16)13-4-10(6-17-14(13)20)12-7-18-19(2)8-12/h4,6-9H,3H2,1-2H3. The van der Waals surface area contributed by atoms with Crippen molar-refractivity contribution in [2.75, 3.05) is 6.61 Å². The van der Waals surface area contributed by atoms with Crippen LogP contribution in [0.3, 0.4) is 0 Å². The van der Waals surface area contributed by atoms with Gasteiger partial charge < -0.3 is 4.74 Å². The van der Waals surface area contributed by atoms with E-state index in [-0.39, 0.29) is 6.61 Å². The van der Waals surface area contributed by atoms with Gasteiger partial charge in [0.05, 0.1) is 24.6 Å². The van der Waals surface area contributed by atoms with Crippen LogP contribution in [0.4, 0.5) is 4.79 Å². The Morgan fingerprint density at radius 3 is 2.83 bits per heavy atom. The second-order valence-electron chi connectivity index (χ2n) is 4.75. The van der Waals surface area contributed by atoms with Crippen molar-refractivity contribution in [1.82, 2.24) is 19.5 Å². The number of ether oxygens (including phenoxy) is 1. The number of hydrogen-bond acceptors (Lipinski definition) is 6. The van der Waals surface area contributed by atoms with Crippen molar-refractivity contribution in [3.05, 3.63) is 36.4 Å². The monoisotopic (exact) mass is 311 g/mol. The Labute approximate surface area is 131 Å². The fourth-order valence-corrected chi connectivity index (χ4v) is 2.19. The summed E-state index contributed by atoms with van der Waals surface area (Å²) < 4.78 is 7.55. The molecule has 0 aliphatic carbocycles. The second-order valence-corrected chi connectivity index (χ2v) is 4.75. The number of aromatic nitrogens is 4. The molecule has 8 heteroatoms. The molecular formula is C15H13N5O3. The first-order valence-corrected chi connectivity index (χ1v) is 6.87. The van der Waals surface area contributed by atoms with Gasteiger partial charge in [-0.15, -0.1) is 0 Å². The number of aryl methyl sites for hydroxylation is 1. The Kier molecular flexibility index (Phi) is 3.68. The number of nitriles is 1. The predicted octanol–water partition coefficient (Wildman–Crippen LogP) is 1.89. The Bertz CT molecular complexity index is 919. The van der Waals surface area contributed by atoms with Crippen LogP contribution < -0.4 is 4.84 Å². The van der Waals surface area contributed by atoms with Crippen molar-refractivity contribution in [3.8, 4) is 17.2 Å². The fourth-order valence-electron chi connectivity index (χ4n) is 2.19. The van der Waals surface area contributed by atoms with Crippen LogP contribution >= 0.6 is 0 Å². The average molecular weight is 311 g/mol. The normalized spacial score (nSPS) is 10.5. The maximum Gasteiger partial charge on any atom is 0.533 e. The molecule has 3 aromatic heterocycles. The third-order valence-electron chi connectivity index (χ3n) is 3.21. The van der Waals surface area contributed by atoms with Gasteiger partial charge in [-0.2, -0.15) is 15.1 Å². The molecule has 8 nitrogen and oxygen atoms in total. The highest BCUT2D eigenvalue weighted by molar-refractivity contribution is 5.87. The van der Waals surface area contributed by atoms with Gasteiger partial charge in [0, 0.05) is 36.0 Å². The van der Waals surface area contributed by atoms with Crippen molar-refractivity contribution in [2.45, 2.75) is 6.92 Å². The van der Waals surface area contributed by atoms with Crippen LogP contribution in [0.5, 0.6) is 0 Å². The molecule has 0 N–H and O–H groups in total. The molecule has 116 valence electrons. The number of carbonyl (C=O) groups is 1. The van der Waals surface area contributed by atoms with Crippen LogP contribution in [0.25, 0.3) is 22.2 Å². The van der Waals surface area contributed by atoms with Crippen LogP contribution in [-0.4, -0.2) is 32.3 Å². The first-order chi connectivity index (χ1) is 11.1. The van der Waals surface area contributed by atoms with Gasteiger partial charge in [0.15, 0.2) is 5.65 Å². The van der Waals surface area contributed by atoms with Crippen molar-refractivity contribution >= 4 is 17.2 Å². The molecule has 0 atom stereocenters. The van der Waals surface area contributed by atoms with E-state index in [1.54, 1.807) is 24.0 Å². The quantitative estimate of drug-likeness (QED) is 0.685. The van der Waals surface area contributed by atoms with Crippen molar-refractivity contribution < 1.29 is 14.4 Å². The fraction of sp³-hybridized carbons (Fsp3) is 0.200. The summed E-state index contributed by atoms with van der Waals surface area (Å²) >= 11 is 0. The predicted molar refractivity (Wildman–Crippen MR) is 80.3 cm³/mol. The second kappa shape index (κ2) is 5.81. The lowest BCUT2D eigenvalue weighted by Crippen LogP contribution is -2.20. The Hall–Kier alpha value is -3.34. The third kappa shape index (κ3) is 2.72. The zero-order valence-corrected chi connectivity index (χ0v) is 12.6. The topological polar surface area (TPSA) is 95.0 Å². The van der Waals surface area contributed by atoms with Crippen LogP contribution in [0, 0.1) is 11.3 Å². The lowest BCUT2D eigenvalue weighted by molar-refractivity contribution is 0.0547. The van der Waals surface area contributed by atoms with E-state index in [1.807, 2.05) is 19.3 Å². The van der Waals surface area contributed by atoms with Gasteiger partial charge in [-0.05, 0) is 13.0 Å². The number of nitrogens with zero attached hydrogens (tertiary/aromatic N) is 5. The molecule has 3 rings (SSSR count). The largest absolute Gasteiger partial charge is 0.533 e. The molecule has 0 saturated heterocycles. The van der Waals surface area contributed by atoms with Gasteiger partial charge in [-0.3, -0.25) is 9.52 Å². The summed E-state index contributed by atoms with van der Waals surface area (Å²) in [5, 5.41) is 14.0. The summed E-state index contributed by atoms with van der Waals surface area (Å²) in [5.41, 5.74) is 2.41. The van der Waals surface area contributed by atoms with Crippen molar-refractivity contribution in [3.63, 3.8) is 0 Å². The van der Waals surface area contributed by atoms with Gasteiger partial charge >= 0.3 is 6.16 Å². The molecule has 23 heavy (non-hydrogen) atoms. The van der Waals surface area contributed by atoms with Crippen molar-refractivity contribution in [2.24, 2.45) is 7.05 Å².